The Labute approximate surface area is 209 Å². The highest BCUT2D eigenvalue weighted by molar-refractivity contribution is 7.87. The quantitative estimate of drug-likeness (QED) is 0.376. The highest BCUT2D eigenvalue weighted by Crippen LogP contribution is 2.26. The Morgan fingerprint density at radius 2 is 1.94 bits per heavy atom. The van der Waals surface area contributed by atoms with Crippen LogP contribution in [0.3, 0.4) is 0 Å². The van der Waals surface area contributed by atoms with Gasteiger partial charge in [0.2, 0.25) is 0 Å². The van der Waals surface area contributed by atoms with Crippen molar-refractivity contribution in [2.24, 2.45) is 5.92 Å². The van der Waals surface area contributed by atoms with Crippen molar-refractivity contribution < 1.29 is 18.3 Å². The van der Waals surface area contributed by atoms with Crippen molar-refractivity contribution in [2.45, 2.75) is 38.8 Å². The number of aromatic amines is 1. The van der Waals surface area contributed by atoms with E-state index in [0.29, 0.717) is 17.3 Å². The molecule has 1 saturated heterocycles. The Bertz CT molecular complexity index is 1370. The molecule has 3 aromatic rings. The summed E-state index contributed by atoms with van der Waals surface area (Å²) >= 11 is 0. The summed E-state index contributed by atoms with van der Waals surface area (Å²) in [5.41, 5.74) is 2.08. The number of carboxylic acids is 1. The first-order valence-electron chi connectivity index (χ1n) is 11.7. The summed E-state index contributed by atoms with van der Waals surface area (Å²) in [6, 6.07) is 6.44. The van der Waals surface area contributed by atoms with Crippen molar-refractivity contribution >= 4 is 33.0 Å². The van der Waals surface area contributed by atoms with Gasteiger partial charge in [-0.1, -0.05) is 12.1 Å². The molecule has 0 saturated carbocycles. The summed E-state index contributed by atoms with van der Waals surface area (Å²) in [5, 5.41) is 9.47. The number of carboxylic acid groups (broad SMARTS) is 1. The Kier molecular flexibility index (Phi) is 7.43. The highest BCUT2D eigenvalue weighted by atomic mass is 32.2. The first kappa shape index (κ1) is 25.8. The van der Waals surface area contributed by atoms with Gasteiger partial charge < -0.3 is 15.0 Å². The number of imidazole rings is 1. The molecule has 3 N–H and O–H groups in total. The van der Waals surface area contributed by atoms with Crippen LogP contribution in [0, 0.1) is 12.8 Å². The summed E-state index contributed by atoms with van der Waals surface area (Å²) in [5.74, 6) is 0.618. The van der Waals surface area contributed by atoms with Gasteiger partial charge in [0.1, 0.15) is 17.7 Å². The van der Waals surface area contributed by atoms with Crippen LogP contribution < -0.4 is 15.3 Å². The summed E-state index contributed by atoms with van der Waals surface area (Å²) in [6.07, 6.45) is 4.24. The molecule has 2 aromatic heterocycles. The van der Waals surface area contributed by atoms with E-state index in [-0.39, 0.29) is 6.54 Å². The van der Waals surface area contributed by atoms with Crippen molar-refractivity contribution in [3.63, 3.8) is 0 Å². The van der Waals surface area contributed by atoms with Gasteiger partial charge in [-0.15, -0.1) is 0 Å². The SMILES string of the molecule is Cc1cn(C[C@H](NS(=O)(=O)N(C)C)C(=O)O)c(=O)nc1N1CCC(Cc2nc3ccccc3[nH]2)CC1. The number of anilines is 1. The van der Waals surface area contributed by atoms with Gasteiger partial charge in [-0.05, 0) is 37.8 Å². The number of H-pyrrole nitrogens is 1. The monoisotopic (exact) mass is 517 g/mol. The Balaban J connectivity index is 1.41. The lowest BCUT2D eigenvalue weighted by atomic mass is 9.93. The number of hydrogen-bond acceptors (Lipinski definition) is 7. The largest absolute Gasteiger partial charge is 0.480 e. The Morgan fingerprint density at radius 1 is 1.25 bits per heavy atom. The number of hydrogen-bond donors (Lipinski definition) is 3. The smallest absolute Gasteiger partial charge is 0.349 e. The van der Waals surface area contributed by atoms with Gasteiger partial charge in [0.25, 0.3) is 10.2 Å². The van der Waals surface area contributed by atoms with Gasteiger partial charge in [0.15, 0.2) is 0 Å². The van der Waals surface area contributed by atoms with Crippen LogP contribution >= 0.6 is 0 Å². The third kappa shape index (κ3) is 5.74. The fourth-order valence-corrected chi connectivity index (χ4v) is 5.16. The van der Waals surface area contributed by atoms with Crippen LogP contribution in [0.25, 0.3) is 11.0 Å². The number of rotatable bonds is 9. The molecule has 1 atom stereocenters. The standard InChI is InChI=1S/C23H31N7O5S/c1-15-13-30(14-19(22(31)32)27-36(34,35)28(2)3)23(33)26-21(15)29-10-8-16(9-11-29)12-20-24-17-6-4-5-7-18(17)25-20/h4-7,13,16,19,27H,8-12,14H2,1-3H3,(H,24,25)(H,31,32)/t19-/m0/s1. The molecular formula is C23H31N7O5S. The first-order chi connectivity index (χ1) is 17.0. The second-order valence-electron chi connectivity index (χ2n) is 9.31. The molecule has 0 bridgehead atoms. The van der Waals surface area contributed by atoms with E-state index in [1.54, 1.807) is 6.92 Å². The Morgan fingerprint density at radius 3 is 2.58 bits per heavy atom. The molecule has 13 heteroatoms. The van der Waals surface area contributed by atoms with Gasteiger partial charge in [0.05, 0.1) is 17.6 Å². The number of piperidine rings is 1. The molecule has 1 aliphatic heterocycles. The molecule has 36 heavy (non-hydrogen) atoms. The van der Waals surface area contributed by atoms with E-state index in [2.05, 4.69) is 24.6 Å². The van der Waals surface area contributed by atoms with Gasteiger partial charge in [-0.2, -0.15) is 22.4 Å². The average molecular weight is 518 g/mol. The van der Waals surface area contributed by atoms with Crippen molar-refractivity contribution in [1.29, 1.82) is 0 Å². The van der Waals surface area contributed by atoms with E-state index < -0.39 is 27.9 Å². The number of nitrogens with zero attached hydrogens (tertiary/aromatic N) is 5. The lowest BCUT2D eigenvalue weighted by Crippen LogP contribution is -2.49. The predicted molar refractivity (Wildman–Crippen MR) is 135 cm³/mol. The van der Waals surface area contributed by atoms with Crippen LogP contribution in [-0.2, 0) is 28.0 Å². The van der Waals surface area contributed by atoms with Crippen LogP contribution in [0.5, 0.6) is 0 Å². The summed E-state index contributed by atoms with van der Waals surface area (Å²) in [4.78, 5) is 38.7. The molecule has 0 aliphatic carbocycles. The second kappa shape index (κ2) is 10.4. The normalized spacial score (nSPS) is 16.1. The van der Waals surface area contributed by atoms with Gasteiger partial charge >= 0.3 is 11.7 Å². The molecule has 0 spiro atoms. The van der Waals surface area contributed by atoms with Crippen LogP contribution in [0.15, 0.2) is 35.3 Å². The zero-order valence-corrected chi connectivity index (χ0v) is 21.3. The minimum absolute atomic E-state index is 0.380. The minimum atomic E-state index is -3.99. The Hall–Kier alpha value is -3.29. The average Bonchev–Trinajstić information content (AvgIpc) is 3.23. The van der Waals surface area contributed by atoms with Crippen LogP contribution in [0.2, 0.25) is 0 Å². The van der Waals surface area contributed by atoms with Crippen LogP contribution in [0.4, 0.5) is 5.82 Å². The molecule has 3 heterocycles. The van der Waals surface area contributed by atoms with E-state index >= 15 is 0 Å². The molecule has 4 rings (SSSR count). The van der Waals surface area contributed by atoms with E-state index in [0.717, 1.165) is 58.1 Å². The lowest BCUT2D eigenvalue weighted by Gasteiger charge is -2.33. The highest BCUT2D eigenvalue weighted by Gasteiger charge is 2.27. The zero-order chi connectivity index (χ0) is 26.0. The molecule has 194 valence electrons. The number of aliphatic carboxylic acids is 1. The molecule has 1 fully saturated rings. The zero-order valence-electron chi connectivity index (χ0n) is 20.5. The molecule has 12 nitrogen and oxygen atoms in total. The van der Waals surface area contributed by atoms with E-state index in [9.17, 15) is 23.1 Å². The minimum Gasteiger partial charge on any atom is -0.480 e. The molecule has 1 aliphatic rings. The third-order valence-corrected chi connectivity index (χ3v) is 7.98. The fourth-order valence-electron chi connectivity index (χ4n) is 4.41. The lowest BCUT2D eigenvalue weighted by molar-refractivity contribution is -0.139. The van der Waals surface area contributed by atoms with Gasteiger partial charge in [0, 0.05) is 45.4 Å². The van der Waals surface area contributed by atoms with E-state index in [1.165, 1.54) is 20.3 Å². The number of carbonyl (C=O) groups is 1. The third-order valence-electron chi connectivity index (χ3n) is 6.43. The number of aromatic nitrogens is 4. The maximum Gasteiger partial charge on any atom is 0.349 e. The first-order valence-corrected chi connectivity index (χ1v) is 13.2. The van der Waals surface area contributed by atoms with Crippen LogP contribution in [0.1, 0.15) is 24.2 Å². The maximum atomic E-state index is 12.7. The van der Waals surface area contributed by atoms with Gasteiger partial charge in [-0.3, -0.25) is 9.36 Å². The van der Waals surface area contributed by atoms with Crippen molar-refractivity contribution in [3.05, 3.63) is 52.3 Å². The van der Waals surface area contributed by atoms with Crippen molar-refractivity contribution in [3.8, 4) is 0 Å². The molecule has 0 unspecified atom stereocenters. The molecular weight excluding hydrogens is 486 g/mol. The number of benzene rings is 1. The number of fused-ring (bicyclic) bond motifs is 1. The predicted octanol–water partition coefficient (Wildman–Crippen LogP) is 0.736. The summed E-state index contributed by atoms with van der Waals surface area (Å²) in [7, 11) is -1.42. The van der Waals surface area contributed by atoms with Crippen molar-refractivity contribution in [1.82, 2.24) is 28.5 Å². The van der Waals surface area contributed by atoms with E-state index in [1.807, 2.05) is 24.3 Å². The molecule has 1 aromatic carbocycles. The second-order valence-corrected chi connectivity index (χ2v) is 11.2. The molecule has 0 amide bonds. The summed E-state index contributed by atoms with van der Waals surface area (Å²) < 4.78 is 28.2. The number of para-hydroxylation sites is 2. The number of aryl methyl sites for hydroxylation is 1. The molecule has 0 radical (unpaired) electrons. The van der Waals surface area contributed by atoms with Crippen LogP contribution in [-0.4, -0.2) is 76.5 Å². The number of nitrogens with one attached hydrogen (secondary N) is 2. The topological polar surface area (TPSA) is 154 Å². The maximum absolute atomic E-state index is 12.7. The van der Waals surface area contributed by atoms with E-state index in [4.69, 9.17) is 0 Å². The fraction of sp³-hybridized carbons (Fsp3) is 0.478. The summed E-state index contributed by atoms with van der Waals surface area (Å²) in [6.45, 7) is 2.90. The van der Waals surface area contributed by atoms with Crippen molar-refractivity contribution in [2.75, 3.05) is 32.1 Å². The van der Waals surface area contributed by atoms with Gasteiger partial charge in [-0.25, -0.2) is 9.78 Å².